The van der Waals surface area contributed by atoms with E-state index in [1.807, 2.05) is 6.92 Å². The van der Waals surface area contributed by atoms with Crippen LogP contribution >= 0.6 is 0 Å². The molecule has 2 rings (SSSR count). The van der Waals surface area contributed by atoms with Gasteiger partial charge in [-0.3, -0.25) is 4.79 Å². The van der Waals surface area contributed by atoms with Gasteiger partial charge < -0.3 is 10.3 Å². The summed E-state index contributed by atoms with van der Waals surface area (Å²) in [6.07, 6.45) is -2.81. The number of hydrogen-bond acceptors (Lipinski definition) is 1. The number of aromatic nitrogens is 1. The second-order valence-electron chi connectivity index (χ2n) is 4.46. The summed E-state index contributed by atoms with van der Waals surface area (Å²) in [4.78, 5) is 14.7. The molecule has 1 heterocycles. The highest BCUT2D eigenvalue weighted by atomic mass is 19.4. The summed E-state index contributed by atoms with van der Waals surface area (Å²) in [5, 5.41) is 2.30. The second-order valence-corrected chi connectivity index (χ2v) is 4.46. The summed E-state index contributed by atoms with van der Waals surface area (Å²) in [5.41, 5.74) is 0.545. The van der Waals surface area contributed by atoms with Crippen molar-refractivity contribution < 1.29 is 18.0 Å². The zero-order valence-corrected chi connectivity index (χ0v) is 10.7. The van der Waals surface area contributed by atoms with E-state index in [0.717, 1.165) is 17.3 Å². The molecule has 1 aromatic carbocycles. The van der Waals surface area contributed by atoms with Crippen molar-refractivity contribution in [1.29, 1.82) is 0 Å². The van der Waals surface area contributed by atoms with Crippen LogP contribution in [0.15, 0.2) is 36.5 Å². The molecule has 20 heavy (non-hydrogen) atoms. The lowest BCUT2D eigenvalue weighted by atomic mass is 10.1. The van der Waals surface area contributed by atoms with E-state index in [1.54, 1.807) is 12.3 Å². The van der Waals surface area contributed by atoms with E-state index < -0.39 is 17.6 Å². The lowest BCUT2D eigenvalue weighted by Crippen LogP contribution is -2.18. The summed E-state index contributed by atoms with van der Waals surface area (Å²) in [7, 11) is 0. The Morgan fingerprint density at radius 2 is 2.00 bits per heavy atom. The number of aromatic amines is 1. The Balaban J connectivity index is 2.12. The van der Waals surface area contributed by atoms with Gasteiger partial charge in [0.25, 0.3) is 0 Å². The number of carbonyl (C=O) groups excluding carboxylic acids is 1. The first-order valence-electron chi connectivity index (χ1n) is 5.96. The van der Waals surface area contributed by atoms with E-state index in [1.165, 1.54) is 18.2 Å². The quantitative estimate of drug-likeness (QED) is 0.888. The molecule has 106 valence electrons. The zero-order chi connectivity index (χ0) is 14.8. The number of H-pyrrole nitrogens is 1. The highest BCUT2D eigenvalue weighted by molar-refractivity contribution is 5.93. The van der Waals surface area contributed by atoms with Crippen molar-refractivity contribution in [2.24, 2.45) is 0 Å². The molecule has 1 amide bonds. The predicted molar refractivity (Wildman–Crippen MR) is 69.3 cm³/mol. The molecule has 0 atom stereocenters. The maximum absolute atomic E-state index is 12.8. The normalized spacial score (nSPS) is 11.4. The van der Waals surface area contributed by atoms with Crippen LogP contribution in [0.1, 0.15) is 16.8 Å². The van der Waals surface area contributed by atoms with Crippen molar-refractivity contribution in [2.45, 2.75) is 19.5 Å². The van der Waals surface area contributed by atoms with Crippen LogP contribution in [0.25, 0.3) is 0 Å². The number of benzene rings is 1. The minimum absolute atomic E-state index is 0.0243. The van der Waals surface area contributed by atoms with Gasteiger partial charge in [0.05, 0.1) is 17.7 Å². The van der Waals surface area contributed by atoms with E-state index in [2.05, 4.69) is 10.3 Å². The number of carbonyl (C=O) groups is 1. The average Bonchev–Trinajstić information content (AvgIpc) is 2.73. The van der Waals surface area contributed by atoms with Gasteiger partial charge in [-0.05, 0) is 30.7 Å². The van der Waals surface area contributed by atoms with Crippen LogP contribution in [0.5, 0.6) is 0 Å². The number of nitrogens with one attached hydrogen (secondary N) is 2. The maximum Gasteiger partial charge on any atom is 0.418 e. The van der Waals surface area contributed by atoms with Gasteiger partial charge in [-0.25, -0.2) is 0 Å². The zero-order valence-electron chi connectivity index (χ0n) is 10.7. The number of hydrogen-bond donors (Lipinski definition) is 2. The molecule has 0 saturated heterocycles. The first kappa shape index (κ1) is 14.2. The van der Waals surface area contributed by atoms with Gasteiger partial charge in [-0.15, -0.1) is 0 Å². The van der Waals surface area contributed by atoms with Gasteiger partial charge in [0.2, 0.25) is 5.91 Å². The molecular weight excluding hydrogens is 269 g/mol. The molecule has 0 saturated carbocycles. The van der Waals surface area contributed by atoms with Crippen LogP contribution in [0.2, 0.25) is 0 Å². The molecule has 6 heteroatoms. The molecule has 0 aliphatic heterocycles. The Morgan fingerprint density at radius 3 is 2.60 bits per heavy atom. The molecule has 0 unspecified atom stereocenters. The molecule has 3 nitrogen and oxygen atoms in total. The third kappa shape index (κ3) is 3.40. The highest BCUT2D eigenvalue weighted by Gasteiger charge is 2.33. The van der Waals surface area contributed by atoms with Crippen LogP contribution in [0.4, 0.5) is 18.9 Å². The van der Waals surface area contributed by atoms with Crippen molar-refractivity contribution in [3.63, 3.8) is 0 Å². The first-order chi connectivity index (χ1) is 9.36. The number of aryl methyl sites for hydroxylation is 1. The number of halogens is 3. The summed E-state index contributed by atoms with van der Waals surface area (Å²) < 4.78 is 38.3. The Bertz CT molecular complexity index is 617. The molecule has 2 aromatic rings. The Kier molecular flexibility index (Phi) is 3.83. The second kappa shape index (κ2) is 5.40. The standard InChI is InChI=1S/C14H13F3N2O/c1-9-6-10(8-18-9)7-13(20)19-12-5-3-2-4-11(12)14(15,16)17/h2-6,8,18H,7H2,1H3,(H,19,20). The Hall–Kier alpha value is -2.24. The van der Waals surface area contributed by atoms with Gasteiger partial charge in [0, 0.05) is 11.9 Å². The van der Waals surface area contributed by atoms with Crippen molar-refractivity contribution in [1.82, 2.24) is 4.98 Å². The third-order valence-corrected chi connectivity index (χ3v) is 2.76. The molecule has 0 fully saturated rings. The van der Waals surface area contributed by atoms with Crippen LogP contribution < -0.4 is 5.32 Å². The minimum Gasteiger partial charge on any atom is -0.365 e. The molecule has 0 radical (unpaired) electrons. The van der Waals surface area contributed by atoms with E-state index in [9.17, 15) is 18.0 Å². The first-order valence-corrected chi connectivity index (χ1v) is 5.96. The summed E-state index contributed by atoms with van der Waals surface area (Å²) in [6, 6.07) is 6.69. The molecular formula is C14H13F3N2O. The fourth-order valence-electron chi connectivity index (χ4n) is 1.89. The molecule has 2 N–H and O–H groups in total. The van der Waals surface area contributed by atoms with Crippen LogP contribution in [0, 0.1) is 6.92 Å². The Labute approximate surface area is 113 Å². The summed E-state index contributed by atoms with van der Waals surface area (Å²) in [6.45, 7) is 1.83. The van der Waals surface area contributed by atoms with E-state index in [-0.39, 0.29) is 12.1 Å². The van der Waals surface area contributed by atoms with Crippen molar-refractivity contribution >= 4 is 11.6 Å². The summed E-state index contributed by atoms with van der Waals surface area (Å²) >= 11 is 0. The van der Waals surface area contributed by atoms with E-state index in [4.69, 9.17) is 0 Å². The number of rotatable bonds is 3. The average molecular weight is 282 g/mol. The molecule has 0 bridgehead atoms. The largest absolute Gasteiger partial charge is 0.418 e. The summed E-state index contributed by atoms with van der Waals surface area (Å²) in [5.74, 6) is -0.485. The van der Waals surface area contributed by atoms with Crippen LogP contribution in [-0.2, 0) is 17.4 Å². The van der Waals surface area contributed by atoms with Gasteiger partial charge in [-0.2, -0.15) is 13.2 Å². The van der Waals surface area contributed by atoms with Crippen molar-refractivity contribution in [3.8, 4) is 0 Å². The van der Waals surface area contributed by atoms with Gasteiger partial charge in [-0.1, -0.05) is 12.1 Å². The van der Waals surface area contributed by atoms with Gasteiger partial charge in [0.15, 0.2) is 0 Å². The van der Waals surface area contributed by atoms with Gasteiger partial charge in [0.1, 0.15) is 0 Å². The van der Waals surface area contributed by atoms with Gasteiger partial charge >= 0.3 is 6.18 Å². The SMILES string of the molecule is Cc1cc(CC(=O)Nc2ccccc2C(F)(F)F)c[nH]1. The smallest absolute Gasteiger partial charge is 0.365 e. The Morgan fingerprint density at radius 1 is 1.30 bits per heavy atom. The molecule has 0 aliphatic carbocycles. The van der Waals surface area contributed by atoms with Crippen molar-refractivity contribution in [2.75, 3.05) is 5.32 Å². The highest BCUT2D eigenvalue weighted by Crippen LogP contribution is 2.34. The fourth-order valence-corrected chi connectivity index (χ4v) is 1.89. The minimum atomic E-state index is -4.49. The molecule has 1 aromatic heterocycles. The lowest BCUT2D eigenvalue weighted by molar-refractivity contribution is -0.137. The van der Waals surface area contributed by atoms with Crippen LogP contribution in [-0.4, -0.2) is 10.9 Å². The number of amides is 1. The van der Waals surface area contributed by atoms with E-state index in [0.29, 0.717) is 0 Å². The van der Waals surface area contributed by atoms with E-state index >= 15 is 0 Å². The fraction of sp³-hybridized carbons (Fsp3) is 0.214. The third-order valence-electron chi connectivity index (χ3n) is 2.76. The molecule has 0 spiro atoms. The van der Waals surface area contributed by atoms with Crippen LogP contribution in [0.3, 0.4) is 0 Å². The number of anilines is 1. The number of alkyl halides is 3. The number of para-hydroxylation sites is 1. The molecule has 0 aliphatic rings. The topological polar surface area (TPSA) is 44.9 Å². The lowest BCUT2D eigenvalue weighted by Gasteiger charge is -2.13. The predicted octanol–water partition coefficient (Wildman–Crippen LogP) is 3.52. The van der Waals surface area contributed by atoms with Crippen molar-refractivity contribution in [3.05, 3.63) is 53.3 Å². The maximum atomic E-state index is 12.8. The monoisotopic (exact) mass is 282 g/mol.